The minimum absolute atomic E-state index is 0.336. The number of anilines is 1. The Balaban J connectivity index is 2.84. The summed E-state index contributed by atoms with van der Waals surface area (Å²) in [7, 11) is 2.04. The van der Waals surface area contributed by atoms with Crippen LogP contribution in [0.15, 0.2) is 18.2 Å². The predicted molar refractivity (Wildman–Crippen MR) is 79.0 cm³/mol. The van der Waals surface area contributed by atoms with E-state index in [0.717, 1.165) is 23.5 Å². The van der Waals surface area contributed by atoms with E-state index >= 15 is 0 Å². The van der Waals surface area contributed by atoms with Crippen molar-refractivity contribution in [3.8, 4) is 0 Å². The first-order valence-electron chi connectivity index (χ1n) is 4.85. The lowest BCUT2D eigenvalue weighted by molar-refractivity contribution is 0.978. The summed E-state index contributed by atoms with van der Waals surface area (Å²) in [6.07, 6.45) is 2.09. The summed E-state index contributed by atoms with van der Waals surface area (Å²) in [6, 6.07) is 5.76. The van der Waals surface area contributed by atoms with Crippen LogP contribution in [0.3, 0.4) is 0 Å². The summed E-state index contributed by atoms with van der Waals surface area (Å²) < 4.78 is 0. The van der Waals surface area contributed by atoms with Crippen molar-refractivity contribution in [3.63, 3.8) is 0 Å². The van der Waals surface area contributed by atoms with Crippen LogP contribution in [0.5, 0.6) is 0 Å². The van der Waals surface area contributed by atoms with Gasteiger partial charge in [0.1, 0.15) is 4.99 Å². The summed E-state index contributed by atoms with van der Waals surface area (Å²) in [5, 5.41) is 0.612. The van der Waals surface area contributed by atoms with Crippen molar-refractivity contribution >= 4 is 46.3 Å². The third-order valence-electron chi connectivity index (χ3n) is 2.29. The summed E-state index contributed by atoms with van der Waals surface area (Å²) in [4.78, 5) is 2.49. The van der Waals surface area contributed by atoms with Gasteiger partial charge >= 0.3 is 0 Å². The average Bonchev–Trinajstić information content (AvgIpc) is 2.25. The molecule has 0 atom stereocenters. The molecule has 0 amide bonds. The molecule has 0 bridgehead atoms. The van der Waals surface area contributed by atoms with Gasteiger partial charge < -0.3 is 10.6 Å². The molecule has 88 valence electrons. The molecule has 16 heavy (non-hydrogen) atoms. The number of thiocarbonyl (C=S) groups is 1. The van der Waals surface area contributed by atoms with Crippen LogP contribution in [0, 0.1) is 0 Å². The first kappa shape index (κ1) is 13.6. The van der Waals surface area contributed by atoms with Crippen LogP contribution in [-0.2, 0) is 0 Å². The second-order valence-corrected chi connectivity index (χ2v) is 5.28. The van der Waals surface area contributed by atoms with Crippen molar-refractivity contribution in [2.45, 2.75) is 0 Å². The molecule has 0 fully saturated rings. The number of rotatable bonds is 5. The molecule has 1 aromatic rings. The Kier molecular flexibility index (Phi) is 5.38. The van der Waals surface area contributed by atoms with E-state index in [1.165, 1.54) is 0 Å². The van der Waals surface area contributed by atoms with Crippen LogP contribution in [0.1, 0.15) is 5.56 Å². The van der Waals surface area contributed by atoms with E-state index in [4.69, 9.17) is 29.6 Å². The van der Waals surface area contributed by atoms with Crippen molar-refractivity contribution in [2.24, 2.45) is 5.73 Å². The lowest BCUT2D eigenvalue weighted by Crippen LogP contribution is -2.20. The molecule has 0 saturated heterocycles. The standard InChI is InChI=1S/C11H15ClN2S2/c1-14(5-6-16-2)8-3-4-9(11(13)15)10(12)7-8/h3-4,7H,5-6H2,1-2H3,(H2,13,15). The number of thioether (sulfide) groups is 1. The normalized spacial score (nSPS) is 10.2. The molecule has 0 saturated carbocycles. The third-order valence-corrected chi connectivity index (χ3v) is 3.41. The molecule has 0 heterocycles. The average molecular weight is 275 g/mol. The predicted octanol–water partition coefficient (Wildman–Crippen LogP) is 2.77. The highest BCUT2D eigenvalue weighted by molar-refractivity contribution is 7.98. The van der Waals surface area contributed by atoms with Crippen LogP contribution in [0.2, 0.25) is 5.02 Å². The fourth-order valence-corrected chi connectivity index (χ4v) is 2.27. The number of hydrogen-bond acceptors (Lipinski definition) is 3. The Hall–Kier alpha value is -0.450. The van der Waals surface area contributed by atoms with Gasteiger partial charge in [0.25, 0.3) is 0 Å². The maximum atomic E-state index is 6.10. The van der Waals surface area contributed by atoms with Crippen molar-refractivity contribution in [2.75, 3.05) is 30.5 Å². The van der Waals surface area contributed by atoms with Crippen LogP contribution < -0.4 is 10.6 Å². The highest BCUT2D eigenvalue weighted by atomic mass is 35.5. The van der Waals surface area contributed by atoms with E-state index in [9.17, 15) is 0 Å². The third kappa shape index (κ3) is 3.54. The molecule has 2 nitrogen and oxygen atoms in total. The topological polar surface area (TPSA) is 29.3 Å². The Morgan fingerprint density at radius 1 is 1.56 bits per heavy atom. The van der Waals surface area contributed by atoms with Gasteiger partial charge in [-0.05, 0) is 24.5 Å². The van der Waals surface area contributed by atoms with E-state index in [1.54, 1.807) is 0 Å². The first-order chi connectivity index (χ1) is 7.56. The molecule has 0 aliphatic rings. The lowest BCUT2D eigenvalue weighted by atomic mass is 10.2. The van der Waals surface area contributed by atoms with E-state index in [-0.39, 0.29) is 0 Å². The summed E-state index contributed by atoms with van der Waals surface area (Å²) in [6.45, 7) is 0.990. The highest BCUT2D eigenvalue weighted by Crippen LogP contribution is 2.23. The lowest BCUT2D eigenvalue weighted by Gasteiger charge is -2.19. The van der Waals surface area contributed by atoms with Gasteiger partial charge in [0.05, 0.1) is 5.02 Å². The zero-order valence-corrected chi connectivity index (χ0v) is 11.8. The second kappa shape index (κ2) is 6.33. The van der Waals surface area contributed by atoms with E-state index in [2.05, 4.69) is 11.2 Å². The van der Waals surface area contributed by atoms with Gasteiger partial charge in [0, 0.05) is 30.6 Å². The first-order valence-corrected chi connectivity index (χ1v) is 7.03. The monoisotopic (exact) mass is 274 g/mol. The van der Waals surface area contributed by atoms with Gasteiger partial charge in [-0.25, -0.2) is 0 Å². The molecule has 0 radical (unpaired) electrons. The van der Waals surface area contributed by atoms with Gasteiger partial charge in [0.2, 0.25) is 0 Å². The SMILES string of the molecule is CSCCN(C)c1ccc(C(N)=S)c(Cl)c1. The van der Waals surface area contributed by atoms with Crippen LogP contribution in [0.25, 0.3) is 0 Å². The van der Waals surface area contributed by atoms with Crippen molar-refractivity contribution in [3.05, 3.63) is 28.8 Å². The zero-order valence-electron chi connectivity index (χ0n) is 9.37. The van der Waals surface area contributed by atoms with Gasteiger partial charge in [-0.2, -0.15) is 11.8 Å². The van der Waals surface area contributed by atoms with Crippen molar-refractivity contribution in [1.29, 1.82) is 0 Å². The van der Waals surface area contributed by atoms with E-state index < -0.39 is 0 Å². The highest BCUT2D eigenvalue weighted by Gasteiger charge is 2.06. The zero-order chi connectivity index (χ0) is 12.1. The maximum absolute atomic E-state index is 6.10. The second-order valence-electron chi connectivity index (χ2n) is 3.44. The molecular formula is C11H15ClN2S2. The quantitative estimate of drug-likeness (QED) is 0.836. The molecule has 2 N–H and O–H groups in total. The molecule has 1 aromatic carbocycles. The summed E-state index contributed by atoms with van der Waals surface area (Å²) >= 11 is 12.8. The number of nitrogens with two attached hydrogens (primary N) is 1. The van der Waals surface area contributed by atoms with Gasteiger partial charge in [-0.15, -0.1) is 0 Å². The van der Waals surface area contributed by atoms with Gasteiger partial charge in [-0.1, -0.05) is 23.8 Å². The van der Waals surface area contributed by atoms with E-state index in [1.807, 2.05) is 37.0 Å². The largest absolute Gasteiger partial charge is 0.389 e. The minimum Gasteiger partial charge on any atom is -0.389 e. The summed E-state index contributed by atoms with van der Waals surface area (Å²) in [5.74, 6) is 1.09. The van der Waals surface area contributed by atoms with Crippen LogP contribution >= 0.6 is 35.6 Å². The summed E-state index contributed by atoms with van der Waals surface area (Å²) in [5.41, 5.74) is 7.37. The molecule has 0 unspecified atom stereocenters. The van der Waals surface area contributed by atoms with Crippen LogP contribution in [-0.4, -0.2) is 30.6 Å². The molecule has 1 rings (SSSR count). The molecule has 0 aliphatic heterocycles. The smallest absolute Gasteiger partial charge is 0.105 e. The van der Waals surface area contributed by atoms with Crippen molar-refractivity contribution < 1.29 is 0 Å². The van der Waals surface area contributed by atoms with E-state index in [0.29, 0.717) is 10.0 Å². The van der Waals surface area contributed by atoms with Gasteiger partial charge in [-0.3, -0.25) is 0 Å². The number of benzene rings is 1. The minimum atomic E-state index is 0.336. The van der Waals surface area contributed by atoms with Crippen LogP contribution in [0.4, 0.5) is 5.69 Å². The van der Waals surface area contributed by atoms with Gasteiger partial charge in [0.15, 0.2) is 0 Å². The fraction of sp³-hybridized carbons (Fsp3) is 0.364. The molecule has 0 aliphatic carbocycles. The maximum Gasteiger partial charge on any atom is 0.105 e. The molecule has 0 aromatic heterocycles. The number of halogens is 1. The molecule has 0 spiro atoms. The fourth-order valence-electron chi connectivity index (χ4n) is 1.30. The Morgan fingerprint density at radius 2 is 2.25 bits per heavy atom. The molecular weight excluding hydrogens is 260 g/mol. The molecule has 5 heteroatoms. The Morgan fingerprint density at radius 3 is 2.75 bits per heavy atom. The Labute approximate surface area is 111 Å². The Bertz CT molecular complexity index is 382. The number of hydrogen-bond donors (Lipinski definition) is 1. The van der Waals surface area contributed by atoms with Crippen molar-refractivity contribution in [1.82, 2.24) is 0 Å². The number of nitrogens with zero attached hydrogens (tertiary/aromatic N) is 1.